The fraction of sp³-hybridized carbons (Fsp3) is 0.222. The minimum Gasteiger partial charge on any atom is -0.388 e. The lowest BCUT2D eigenvalue weighted by atomic mass is 10.0. The molecular weight excluding hydrogens is 309 g/mol. The van der Waals surface area contributed by atoms with Gasteiger partial charge >= 0.3 is 0 Å². The number of carbonyl (C=O) groups is 1. The highest BCUT2D eigenvalue weighted by atomic mass is 19.1. The number of nitrogens with one attached hydrogen (secondary N) is 2. The van der Waals surface area contributed by atoms with Gasteiger partial charge in [0.15, 0.2) is 0 Å². The van der Waals surface area contributed by atoms with Crippen LogP contribution in [0.4, 0.5) is 4.39 Å². The normalized spacial score (nSPS) is 12.3. The van der Waals surface area contributed by atoms with Crippen molar-refractivity contribution in [3.8, 4) is 0 Å². The number of imidazole rings is 1. The number of benzene rings is 2. The zero-order chi connectivity index (χ0) is 17.1. The molecule has 0 aliphatic heterocycles. The third-order valence-electron chi connectivity index (χ3n) is 3.93. The number of hydrogen-bond donors (Lipinski definition) is 3. The van der Waals surface area contributed by atoms with E-state index in [0.29, 0.717) is 28.8 Å². The molecule has 0 aliphatic rings. The standard InChI is InChI=1S/C18H18FN3O2/c1-2-14(11-3-6-13(19)7-4-11)22-18(24)12-5-8-15-16(9-12)21-17(10-23)20-15/h3-9,14,23H,2,10H2,1H3,(H,20,21)(H,22,24)/t14-/m1/s1. The molecule has 0 saturated carbocycles. The second-order valence-corrected chi connectivity index (χ2v) is 5.56. The molecule has 0 aliphatic carbocycles. The molecule has 3 N–H and O–H groups in total. The molecule has 1 heterocycles. The van der Waals surface area contributed by atoms with Crippen molar-refractivity contribution in [3.05, 3.63) is 65.2 Å². The van der Waals surface area contributed by atoms with Gasteiger partial charge in [0.2, 0.25) is 0 Å². The molecule has 1 aromatic heterocycles. The summed E-state index contributed by atoms with van der Waals surface area (Å²) in [5.74, 6) is -0.0576. The summed E-state index contributed by atoms with van der Waals surface area (Å²) in [6, 6.07) is 11.1. The molecule has 3 rings (SSSR count). The van der Waals surface area contributed by atoms with Gasteiger partial charge in [-0.2, -0.15) is 0 Å². The number of carbonyl (C=O) groups excluding carboxylic acids is 1. The van der Waals surface area contributed by atoms with Crippen LogP contribution in [0.2, 0.25) is 0 Å². The number of amides is 1. The van der Waals surface area contributed by atoms with Crippen molar-refractivity contribution in [1.29, 1.82) is 0 Å². The van der Waals surface area contributed by atoms with Crippen molar-refractivity contribution in [2.24, 2.45) is 0 Å². The topological polar surface area (TPSA) is 78.0 Å². The predicted molar refractivity (Wildman–Crippen MR) is 88.9 cm³/mol. The fourth-order valence-electron chi connectivity index (χ4n) is 2.64. The van der Waals surface area contributed by atoms with Gasteiger partial charge in [0.05, 0.1) is 17.1 Å². The third-order valence-corrected chi connectivity index (χ3v) is 3.93. The van der Waals surface area contributed by atoms with Crippen LogP contribution in [0.15, 0.2) is 42.5 Å². The molecule has 3 aromatic rings. The molecule has 0 radical (unpaired) electrons. The summed E-state index contributed by atoms with van der Waals surface area (Å²) in [6.45, 7) is 1.78. The molecule has 0 fully saturated rings. The number of H-pyrrole nitrogens is 1. The SMILES string of the molecule is CC[C@@H](NC(=O)c1ccc2nc(CO)[nH]c2c1)c1ccc(F)cc1. The van der Waals surface area contributed by atoms with Crippen LogP contribution in [-0.2, 0) is 6.61 Å². The van der Waals surface area contributed by atoms with Crippen molar-refractivity contribution in [1.82, 2.24) is 15.3 Å². The van der Waals surface area contributed by atoms with Crippen LogP contribution in [0.1, 0.15) is 41.1 Å². The highest BCUT2D eigenvalue weighted by molar-refractivity contribution is 5.97. The molecule has 0 spiro atoms. The van der Waals surface area contributed by atoms with Crippen molar-refractivity contribution in [3.63, 3.8) is 0 Å². The molecule has 0 unspecified atom stereocenters. The van der Waals surface area contributed by atoms with Crippen molar-refractivity contribution in [2.45, 2.75) is 26.0 Å². The zero-order valence-corrected chi connectivity index (χ0v) is 13.2. The van der Waals surface area contributed by atoms with E-state index >= 15 is 0 Å². The maximum atomic E-state index is 13.0. The van der Waals surface area contributed by atoms with E-state index in [0.717, 1.165) is 5.56 Å². The van der Waals surface area contributed by atoms with Gasteiger partial charge in [-0.1, -0.05) is 19.1 Å². The lowest BCUT2D eigenvalue weighted by Gasteiger charge is -2.17. The van der Waals surface area contributed by atoms with Crippen LogP contribution in [0.3, 0.4) is 0 Å². The summed E-state index contributed by atoms with van der Waals surface area (Å²) in [4.78, 5) is 19.7. The van der Waals surface area contributed by atoms with Crippen LogP contribution in [-0.4, -0.2) is 21.0 Å². The second kappa shape index (κ2) is 6.80. The highest BCUT2D eigenvalue weighted by Gasteiger charge is 2.15. The van der Waals surface area contributed by atoms with Crippen molar-refractivity contribution in [2.75, 3.05) is 0 Å². The molecular formula is C18H18FN3O2. The maximum absolute atomic E-state index is 13.0. The van der Waals surface area contributed by atoms with Gasteiger partial charge in [0.1, 0.15) is 18.2 Å². The Labute approximate surface area is 138 Å². The van der Waals surface area contributed by atoms with Gasteiger partial charge in [-0.25, -0.2) is 9.37 Å². The third kappa shape index (κ3) is 3.28. The lowest BCUT2D eigenvalue weighted by molar-refractivity contribution is 0.0935. The first-order valence-corrected chi connectivity index (χ1v) is 7.76. The fourth-order valence-corrected chi connectivity index (χ4v) is 2.64. The van der Waals surface area contributed by atoms with Crippen LogP contribution in [0.25, 0.3) is 11.0 Å². The average Bonchev–Trinajstić information content (AvgIpc) is 3.02. The van der Waals surface area contributed by atoms with Gasteiger partial charge in [0, 0.05) is 5.56 Å². The average molecular weight is 327 g/mol. The lowest BCUT2D eigenvalue weighted by Crippen LogP contribution is -2.28. The molecule has 2 aromatic carbocycles. The largest absolute Gasteiger partial charge is 0.388 e. The monoisotopic (exact) mass is 327 g/mol. The van der Waals surface area contributed by atoms with E-state index in [4.69, 9.17) is 5.11 Å². The van der Waals surface area contributed by atoms with E-state index in [1.165, 1.54) is 12.1 Å². The Bertz CT molecular complexity index is 858. The van der Waals surface area contributed by atoms with E-state index in [9.17, 15) is 9.18 Å². The van der Waals surface area contributed by atoms with E-state index < -0.39 is 0 Å². The minimum absolute atomic E-state index is 0.182. The van der Waals surface area contributed by atoms with E-state index in [1.54, 1.807) is 30.3 Å². The molecule has 1 atom stereocenters. The first-order chi connectivity index (χ1) is 11.6. The number of fused-ring (bicyclic) bond motifs is 1. The minimum atomic E-state index is -0.302. The van der Waals surface area contributed by atoms with Crippen molar-refractivity contribution >= 4 is 16.9 Å². The van der Waals surface area contributed by atoms with E-state index in [1.807, 2.05) is 6.92 Å². The number of nitrogens with zero attached hydrogens (tertiary/aromatic N) is 1. The number of rotatable bonds is 5. The number of hydrogen-bond acceptors (Lipinski definition) is 3. The smallest absolute Gasteiger partial charge is 0.251 e. The Kier molecular flexibility index (Phi) is 4.57. The summed E-state index contributed by atoms with van der Waals surface area (Å²) in [5, 5.41) is 12.1. The highest BCUT2D eigenvalue weighted by Crippen LogP contribution is 2.19. The van der Waals surface area contributed by atoms with Gasteiger partial charge < -0.3 is 15.4 Å². The summed E-state index contributed by atoms with van der Waals surface area (Å²) in [5.41, 5.74) is 2.75. The number of aliphatic hydroxyl groups excluding tert-OH is 1. The molecule has 6 heteroatoms. The Morgan fingerprint density at radius 3 is 2.71 bits per heavy atom. The van der Waals surface area contributed by atoms with Gasteiger partial charge in [-0.15, -0.1) is 0 Å². The van der Waals surface area contributed by atoms with Gasteiger partial charge in [-0.3, -0.25) is 4.79 Å². The Morgan fingerprint density at radius 2 is 2.04 bits per heavy atom. The first-order valence-electron chi connectivity index (χ1n) is 7.76. The number of aromatic amines is 1. The molecule has 5 nitrogen and oxygen atoms in total. The summed E-state index contributed by atoms with van der Waals surface area (Å²) >= 11 is 0. The molecule has 0 saturated heterocycles. The van der Waals surface area contributed by atoms with Gasteiger partial charge in [-0.05, 0) is 42.3 Å². The zero-order valence-electron chi connectivity index (χ0n) is 13.2. The quantitative estimate of drug-likeness (QED) is 0.674. The van der Waals surface area contributed by atoms with Crippen LogP contribution in [0, 0.1) is 5.82 Å². The van der Waals surface area contributed by atoms with E-state index in [2.05, 4.69) is 15.3 Å². The first kappa shape index (κ1) is 16.1. The number of aliphatic hydroxyl groups is 1. The van der Waals surface area contributed by atoms with Crippen LogP contribution in [0.5, 0.6) is 0 Å². The molecule has 24 heavy (non-hydrogen) atoms. The summed E-state index contributed by atoms with van der Waals surface area (Å²) in [6.07, 6.45) is 0.693. The van der Waals surface area contributed by atoms with Crippen LogP contribution >= 0.6 is 0 Å². The predicted octanol–water partition coefficient (Wildman–Crippen LogP) is 3.08. The van der Waals surface area contributed by atoms with Gasteiger partial charge in [0.25, 0.3) is 5.91 Å². The number of aromatic nitrogens is 2. The molecule has 0 bridgehead atoms. The summed E-state index contributed by atoms with van der Waals surface area (Å²) < 4.78 is 13.0. The number of halogens is 1. The van der Waals surface area contributed by atoms with Crippen LogP contribution < -0.4 is 5.32 Å². The molecule has 1 amide bonds. The van der Waals surface area contributed by atoms with E-state index in [-0.39, 0.29) is 24.4 Å². The Hall–Kier alpha value is -2.73. The molecule has 124 valence electrons. The Morgan fingerprint density at radius 1 is 1.29 bits per heavy atom. The second-order valence-electron chi connectivity index (χ2n) is 5.56. The maximum Gasteiger partial charge on any atom is 0.251 e. The Balaban J connectivity index is 1.81. The summed E-state index contributed by atoms with van der Waals surface area (Å²) in [7, 11) is 0. The van der Waals surface area contributed by atoms with Crippen molar-refractivity contribution < 1.29 is 14.3 Å².